The summed E-state index contributed by atoms with van der Waals surface area (Å²) in [6.45, 7) is -0.155. The number of alkyl halides is 2. The zero-order valence-corrected chi connectivity index (χ0v) is 10.7. The molecule has 2 N–H and O–H groups in total. The van der Waals surface area contributed by atoms with Crippen molar-refractivity contribution in [2.45, 2.75) is 19.0 Å². The Bertz CT molecular complexity index is 482. The topological polar surface area (TPSA) is 61.4 Å². The van der Waals surface area contributed by atoms with Gasteiger partial charge in [-0.2, -0.15) is 0 Å². The van der Waals surface area contributed by atoms with Crippen molar-refractivity contribution in [3.8, 4) is 0 Å². The van der Waals surface area contributed by atoms with Crippen molar-refractivity contribution in [3.63, 3.8) is 0 Å². The predicted octanol–water partition coefficient (Wildman–Crippen LogP) is 0.962. The van der Waals surface area contributed by atoms with E-state index in [1.165, 1.54) is 4.90 Å². The van der Waals surface area contributed by atoms with Crippen LogP contribution in [0.15, 0.2) is 30.3 Å². The first-order valence-corrected chi connectivity index (χ1v) is 6.21. The predicted molar refractivity (Wildman–Crippen MR) is 68.2 cm³/mol. The third-order valence-electron chi connectivity index (χ3n) is 2.95. The number of nitrogens with zero attached hydrogens (tertiary/aromatic N) is 1. The minimum Gasteiger partial charge on any atom is -0.349 e. The van der Waals surface area contributed by atoms with Crippen LogP contribution >= 0.6 is 0 Å². The number of hydrogen-bond donors (Lipinski definition) is 2. The average molecular weight is 283 g/mol. The van der Waals surface area contributed by atoms with Crippen LogP contribution in [0.2, 0.25) is 0 Å². The van der Waals surface area contributed by atoms with Gasteiger partial charge in [-0.15, -0.1) is 0 Å². The van der Waals surface area contributed by atoms with Gasteiger partial charge in [0, 0.05) is 6.54 Å². The largest absolute Gasteiger partial charge is 0.349 e. The van der Waals surface area contributed by atoms with Crippen LogP contribution in [-0.2, 0) is 11.3 Å². The van der Waals surface area contributed by atoms with E-state index >= 15 is 0 Å². The van der Waals surface area contributed by atoms with Crippen LogP contribution in [0, 0.1) is 0 Å². The van der Waals surface area contributed by atoms with E-state index in [1.54, 1.807) is 0 Å². The molecule has 7 heteroatoms. The lowest BCUT2D eigenvalue weighted by molar-refractivity contribution is -0.123. The van der Waals surface area contributed by atoms with Crippen LogP contribution < -0.4 is 10.6 Å². The summed E-state index contributed by atoms with van der Waals surface area (Å²) in [4.78, 5) is 24.8. The molecule has 0 aliphatic carbocycles. The van der Waals surface area contributed by atoms with Gasteiger partial charge in [0.2, 0.25) is 5.91 Å². The van der Waals surface area contributed by atoms with Crippen molar-refractivity contribution < 1.29 is 18.4 Å². The van der Waals surface area contributed by atoms with Gasteiger partial charge in [0.05, 0.1) is 13.1 Å². The van der Waals surface area contributed by atoms with Gasteiger partial charge >= 0.3 is 6.03 Å². The first-order valence-electron chi connectivity index (χ1n) is 6.21. The molecule has 0 bridgehead atoms. The van der Waals surface area contributed by atoms with Crippen molar-refractivity contribution in [1.82, 2.24) is 15.5 Å². The summed E-state index contributed by atoms with van der Waals surface area (Å²) in [5.74, 6) is -0.589. The Hall–Kier alpha value is -2.18. The highest BCUT2D eigenvalue weighted by atomic mass is 19.3. The lowest BCUT2D eigenvalue weighted by Gasteiger charge is -2.14. The minimum absolute atomic E-state index is 0.169. The number of amides is 3. The Morgan fingerprint density at radius 2 is 2.10 bits per heavy atom. The van der Waals surface area contributed by atoms with Crippen molar-refractivity contribution >= 4 is 11.9 Å². The fraction of sp³-hybridized carbons (Fsp3) is 0.385. The quantitative estimate of drug-likeness (QED) is 0.845. The highest BCUT2D eigenvalue weighted by Gasteiger charge is 2.33. The summed E-state index contributed by atoms with van der Waals surface area (Å²) in [6.07, 6.45) is -2.60. The van der Waals surface area contributed by atoms with Gasteiger partial charge in [0.25, 0.3) is 6.43 Å². The Morgan fingerprint density at radius 3 is 2.75 bits per heavy atom. The van der Waals surface area contributed by atoms with Gasteiger partial charge < -0.3 is 15.5 Å². The van der Waals surface area contributed by atoms with Gasteiger partial charge in [-0.25, -0.2) is 13.6 Å². The molecule has 1 saturated heterocycles. The van der Waals surface area contributed by atoms with E-state index in [0.29, 0.717) is 6.54 Å². The van der Waals surface area contributed by atoms with Crippen LogP contribution in [0.25, 0.3) is 0 Å². The molecule has 0 spiro atoms. The summed E-state index contributed by atoms with van der Waals surface area (Å²) in [5, 5.41) is 4.58. The molecule has 0 radical (unpaired) electrons. The van der Waals surface area contributed by atoms with E-state index in [1.807, 2.05) is 30.3 Å². The third-order valence-corrected chi connectivity index (χ3v) is 2.95. The van der Waals surface area contributed by atoms with Gasteiger partial charge in [-0.3, -0.25) is 4.79 Å². The minimum atomic E-state index is -2.60. The fourth-order valence-electron chi connectivity index (χ4n) is 1.98. The van der Waals surface area contributed by atoms with E-state index in [9.17, 15) is 18.4 Å². The second kappa shape index (κ2) is 6.31. The number of carbonyl (C=O) groups excluding carboxylic acids is 2. The second-order valence-corrected chi connectivity index (χ2v) is 4.50. The smallest absolute Gasteiger partial charge is 0.318 e. The van der Waals surface area contributed by atoms with E-state index in [2.05, 4.69) is 10.6 Å². The molecule has 1 fully saturated rings. The maximum atomic E-state index is 12.0. The van der Waals surface area contributed by atoms with Crippen LogP contribution in [0.4, 0.5) is 13.6 Å². The van der Waals surface area contributed by atoms with Crippen LogP contribution in [0.5, 0.6) is 0 Å². The zero-order valence-electron chi connectivity index (χ0n) is 10.7. The van der Waals surface area contributed by atoms with Gasteiger partial charge in [-0.1, -0.05) is 30.3 Å². The number of urea groups is 1. The Kier molecular flexibility index (Phi) is 4.49. The Morgan fingerprint density at radius 1 is 1.40 bits per heavy atom. The molecule has 1 heterocycles. The normalized spacial score (nSPS) is 18.2. The highest BCUT2D eigenvalue weighted by molar-refractivity contribution is 5.90. The molecule has 20 heavy (non-hydrogen) atoms. The van der Waals surface area contributed by atoms with E-state index in [0.717, 1.165) is 5.56 Å². The molecule has 108 valence electrons. The monoisotopic (exact) mass is 283 g/mol. The number of carbonyl (C=O) groups is 2. The molecule has 0 aromatic heterocycles. The molecule has 0 saturated carbocycles. The van der Waals surface area contributed by atoms with Crippen molar-refractivity contribution in [3.05, 3.63) is 35.9 Å². The van der Waals surface area contributed by atoms with Crippen molar-refractivity contribution in [2.24, 2.45) is 0 Å². The summed E-state index contributed by atoms with van der Waals surface area (Å²) < 4.78 is 24.0. The van der Waals surface area contributed by atoms with E-state index in [-0.39, 0.29) is 12.6 Å². The van der Waals surface area contributed by atoms with Crippen molar-refractivity contribution in [1.29, 1.82) is 0 Å². The molecule has 2 rings (SSSR count). The molecular weight excluding hydrogens is 268 g/mol. The molecular formula is C13H15F2N3O2. The number of rotatable bonds is 5. The zero-order chi connectivity index (χ0) is 14.5. The summed E-state index contributed by atoms with van der Waals surface area (Å²) in [7, 11) is 0. The molecule has 5 nitrogen and oxygen atoms in total. The molecule has 1 aromatic carbocycles. The van der Waals surface area contributed by atoms with Gasteiger partial charge in [0.15, 0.2) is 0 Å². The van der Waals surface area contributed by atoms with Crippen LogP contribution in [0.1, 0.15) is 5.56 Å². The average Bonchev–Trinajstić information content (AvgIpc) is 2.79. The highest BCUT2D eigenvalue weighted by Crippen LogP contribution is 2.10. The molecule has 1 atom stereocenters. The van der Waals surface area contributed by atoms with Gasteiger partial charge in [-0.05, 0) is 5.56 Å². The molecule has 1 aliphatic rings. The SMILES string of the molecule is O=C(NCC(F)F)C1CN(Cc2ccccc2)C(=O)N1. The second-order valence-electron chi connectivity index (χ2n) is 4.50. The Balaban J connectivity index is 1.89. The first kappa shape index (κ1) is 14.2. The lowest BCUT2D eigenvalue weighted by atomic mass is 10.2. The third kappa shape index (κ3) is 3.66. The number of nitrogens with one attached hydrogen (secondary N) is 2. The molecule has 1 unspecified atom stereocenters. The van der Waals surface area contributed by atoms with E-state index in [4.69, 9.17) is 0 Å². The van der Waals surface area contributed by atoms with Crippen molar-refractivity contribution in [2.75, 3.05) is 13.1 Å². The summed E-state index contributed by atoms with van der Waals surface area (Å²) in [6, 6.07) is 8.17. The number of hydrogen-bond acceptors (Lipinski definition) is 2. The van der Waals surface area contributed by atoms with Crippen LogP contribution in [0.3, 0.4) is 0 Å². The maximum absolute atomic E-state index is 12.0. The lowest BCUT2D eigenvalue weighted by Crippen LogP contribution is -2.44. The summed E-state index contributed by atoms with van der Waals surface area (Å²) >= 11 is 0. The van der Waals surface area contributed by atoms with E-state index < -0.39 is 24.9 Å². The number of halogens is 2. The van der Waals surface area contributed by atoms with Gasteiger partial charge in [0.1, 0.15) is 6.04 Å². The fourth-order valence-corrected chi connectivity index (χ4v) is 1.98. The molecule has 1 aromatic rings. The Labute approximate surface area is 114 Å². The maximum Gasteiger partial charge on any atom is 0.318 e. The number of benzene rings is 1. The van der Waals surface area contributed by atoms with Crippen LogP contribution in [-0.4, -0.2) is 42.4 Å². The first-order chi connectivity index (χ1) is 9.56. The molecule has 1 aliphatic heterocycles. The standard InChI is InChI=1S/C13H15F2N3O2/c14-11(15)6-16-12(19)10-8-18(13(20)17-10)7-9-4-2-1-3-5-9/h1-5,10-11H,6-8H2,(H,16,19)(H,17,20). The summed E-state index contributed by atoms with van der Waals surface area (Å²) in [5.41, 5.74) is 0.941. The molecule has 3 amide bonds.